The topological polar surface area (TPSA) is 72.2 Å². The number of hydrogen-bond donors (Lipinski definition) is 1. The molecule has 0 unspecified atom stereocenters. The molecule has 1 N–H and O–H groups in total. The van der Waals surface area contributed by atoms with Crippen molar-refractivity contribution in [3.05, 3.63) is 110 Å². The zero-order chi connectivity index (χ0) is 22.9. The van der Waals surface area contributed by atoms with Crippen molar-refractivity contribution >= 4 is 46.6 Å². The van der Waals surface area contributed by atoms with Crippen molar-refractivity contribution in [1.82, 2.24) is 5.32 Å². The highest BCUT2D eigenvalue weighted by molar-refractivity contribution is 7.98. The molecule has 3 aromatic carbocycles. The molecule has 164 valence electrons. The summed E-state index contributed by atoms with van der Waals surface area (Å²) in [4.78, 5) is 23.5. The van der Waals surface area contributed by atoms with E-state index in [1.165, 1.54) is 30.0 Å². The Morgan fingerprint density at radius 2 is 1.84 bits per heavy atom. The molecule has 8 heteroatoms. The summed E-state index contributed by atoms with van der Waals surface area (Å²) in [5.41, 5.74) is 2.04. The lowest BCUT2D eigenvalue weighted by Gasteiger charge is -2.10. The fourth-order valence-corrected chi connectivity index (χ4v) is 4.17. The molecule has 0 aliphatic heterocycles. The second-order valence-corrected chi connectivity index (χ2v) is 8.30. The molecule has 0 saturated heterocycles. The standard InChI is InChI=1S/C24H20ClFN2O3S/c25-22-10-5-11-23(26)21(22)16-32-13-12-27-24(29)20(18-7-2-1-3-8-18)15-17-6-4-9-19(14-17)28(30)31/h1-11,14-15H,12-13,16H2,(H,27,29)/b20-15+. The van der Waals surface area contributed by atoms with Crippen LogP contribution < -0.4 is 5.32 Å². The van der Waals surface area contributed by atoms with Crippen molar-refractivity contribution < 1.29 is 14.1 Å². The van der Waals surface area contributed by atoms with Crippen LogP contribution in [0, 0.1) is 15.9 Å². The second-order valence-electron chi connectivity index (χ2n) is 6.78. The van der Waals surface area contributed by atoms with Gasteiger partial charge in [0.05, 0.1) is 4.92 Å². The number of carbonyl (C=O) groups is 1. The Morgan fingerprint density at radius 1 is 1.09 bits per heavy atom. The Morgan fingerprint density at radius 3 is 2.56 bits per heavy atom. The molecule has 0 spiro atoms. The van der Waals surface area contributed by atoms with E-state index in [2.05, 4.69) is 5.32 Å². The number of carbonyl (C=O) groups excluding carboxylic acids is 1. The lowest BCUT2D eigenvalue weighted by Crippen LogP contribution is -2.26. The van der Waals surface area contributed by atoms with Crippen molar-refractivity contribution in [3.63, 3.8) is 0 Å². The lowest BCUT2D eigenvalue weighted by atomic mass is 10.0. The number of nitro benzene ring substituents is 1. The predicted molar refractivity (Wildman–Crippen MR) is 128 cm³/mol. The number of non-ortho nitro benzene ring substituents is 1. The first-order chi connectivity index (χ1) is 15.5. The van der Waals surface area contributed by atoms with Crippen LogP contribution in [0.1, 0.15) is 16.7 Å². The van der Waals surface area contributed by atoms with Crippen molar-refractivity contribution in [2.24, 2.45) is 0 Å². The van der Waals surface area contributed by atoms with Crippen LogP contribution in [0.5, 0.6) is 0 Å². The smallest absolute Gasteiger partial charge is 0.270 e. The Bertz CT molecular complexity index is 1120. The highest BCUT2D eigenvalue weighted by atomic mass is 35.5. The van der Waals surface area contributed by atoms with Gasteiger partial charge in [0.2, 0.25) is 0 Å². The quantitative estimate of drug-likeness (QED) is 0.137. The number of rotatable bonds is 9. The van der Waals surface area contributed by atoms with E-state index in [0.717, 1.165) is 0 Å². The van der Waals surface area contributed by atoms with Crippen molar-refractivity contribution in [3.8, 4) is 0 Å². The number of nitro groups is 1. The minimum Gasteiger partial charge on any atom is -0.351 e. The van der Waals surface area contributed by atoms with Gasteiger partial charge in [-0.15, -0.1) is 0 Å². The molecule has 3 aromatic rings. The van der Waals surface area contributed by atoms with E-state index < -0.39 is 4.92 Å². The number of hydrogen-bond acceptors (Lipinski definition) is 4. The summed E-state index contributed by atoms with van der Waals surface area (Å²) in [6.07, 6.45) is 1.63. The average Bonchev–Trinajstić information content (AvgIpc) is 2.79. The highest BCUT2D eigenvalue weighted by Crippen LogP contribution is 2.24. The largest absolute Gasteiger partial charge is 0.351 e. The van der Waals surface area contributed by atoms with Gasteiger partial charge in [0, 0.05) is 46.3 Å². The minimum absolute atomic E-state index is 0.0465. The van der Waals surface area contributed by atoms with Gasteiger partial charge in [0.15, 0.2) is 0 Å². The number of nitrogens with one attached hydrogen (secondary N) is 1. The molecule has 5 nitrogen and oxygen atoms in total. The number of thioether (sulfide) groups is 1. The summed E-state index contributed by atoms with van der Waals surface area (Å²) in [5, 5.41) is 14.3. The van der Waals surface area contributed by atoms with Crippen LogP contribution in [0.2, 0.25) is 5.02 Å². The van der Waals surface area contributed by atoms with Crippen LogP contribution in [0.25, 0.3) is 11.6 Å². The third kappa shape index (κ3) is 6.42. The third-order valence-corrected chi connectivity index (χ3v) is 5.90. The number of amides is 1. The van der Waals surface area contributed by atoms with E-state index in [1.807, 2.05) is 18.2 Å². The van der Waals surface area contributed by atoms with Gasteiger partial charge in [-0.05, 0) is 29.3 Å². The van der Waals surface area contributed by atoms with Crippen LogP contribution in [0.3, 0.4) is 0 Å². The van der Waals surface area contributed by atoms with Crippen LogP contribution in [0.4, 0.5) is 10.1 Å². The molecule has 0 fully saturated rings. The SMILES string of the molecule is O=C(NCCSCc1c(F)cccc1Cl)/C(=C/c1cccc([N+](=O)[O-])c1)c1ccccc1. The molecule has 0 saturated carbocycles. The predicted octanol–water partition coefficient (Wildman–Crippen LogP) is 5.98. The first-order valence-electron chi connectivity index (χ1n) is 9.76. The van der Waals surface area contributed by atoms with Crippen molar-refractivity contribution in [1.29, 1.82) is 0 Å². The summed E-state index contributed by atoms with van der Waals surface area (Å²) in [6.45, 7) is 0.370. The normalized spacial score (nSPS) is 11.2. The molecular weight excluding hydrogens is 451 g/mol. The molecule has 1 amide bonds. The molecule has 0 heterocycles. The van der Waals surface area contributed by atoms with Crippen molar-refractivity contribution in [2.75, 3.05) is 12.3 Å². The summed E-state index contributed by atoms with van der Waals surface area (Å²) in [7, 11) is 0. The first kappa shape index (κ1) is 23.5. The van der Waals surface area contributed by atoms with Crippen LogP contribution in [0.15, 0.2) is 72.8 Å². The van der Waals surface area contributed by atoms with E-state index in [9.17, 15) is 19.3 Å². The summed E-state index contributed by atoms with van der Waals surface area (Å²) >= 11 is 7.50. The van der Waals surface area contributed by atoms with Crippen LogP contribution in [-0.4, -0.2) is 23.1 Å². The van der Waals surface area contributed by atoms with Gasteiger partial charge >= 0.3 is 0 Å². The fourth-order valence-electron chi connectivity index (χ4n) is 2.97. The monoisotopic (exact) mass is 470 g/mol. The maximum atomic E-state index is 13.8. The number of nitrogens with zero attached hydrogens (tertiary/aromatic N) is 1. The van der Waals surface area contributed by atoms with E-state index in [-0.39, 0.29) is 17.4 Å². The maximum Gasteiger partial charge on any atom is 0.270 e. The first-order valence-corrected chi connectivity index (χ1v) is 11.3. The minimum atomic E-state index is -0.474. The van der Waals surface area contributed by atoms with Gasteiger partial charge in [0.25, 0.3) is 11.6 Å². The zero-order valence-corrected chi connectivity index (χ0v) is 18.5. The Hall–Kier alpha value is -3.16. The van der Waals surface area contributed by atoms with Gasteiger partial charge in [0.1, 0.15) is 5.82 Å². The number of halogens is 2. The van der Waals surface area contributed by atoms with E-state index in [1.54, 1.807) is 42.5 Å². The maximum absolute atomic E-state index is 13.8. The molecule has 0 aliphatic carbocycles. The van der Waals surface area contributed by atoms with Gasteiger partial charge in [-0.1, -0.05) is 60.1 Å². The second kappa shape index (κ2) is 11.5. The van der Waals surface area contributed by atoms with Gasteiger partial charge in [-0.3, -0.25) is 14.9 Å². The summed E-state index contributed by atoms with van der Waals surface area (Å²) in [5.74, 6) is 0.318. The molecule has 3 rings (SSSR count). The molecule has 0 aromatic heterocycles. The molecule has 0 aliphatic rings. The highest BCUT2D eigenvalue weighted by Gasteiger charge is 2.13. The average molecular weight is 471 g/mol. The van der Waals surface area contributed by atoms with Crippen LogP contribution >= 0.6 is 23.4 Å². The van der Waals surface area contributed by atoms with Crippen LogP contribution in [-0.2, 0) is 10.5 Å². The summed E-state index contributed by atoms with van der Waals surface area (Å²) < 4.78 is 13.8. The molecule has 32 heavy (non-hydrogen) atoms. The third-order valence-electron chi connectivity index (χ3n) is 4.56. The van der Waals surface area contributed by atoms with Gasteiger partial charge in [-0.2, -0.15) is 11.8 Å². The van der Waals surface area contributed by atoms with Gasteiger partial charge in [-0.25, -0.2) is 4.39 Å². The van der Waals surface area contributed by atoms with E-state index in [0.29, 0.717) is 45.3 Å². The fraction of sp³-hybridized carbons (Fsp3) is 0.125. The molecular formula is C24H20ClFN2O3S. The Kier molecular flexibility index (Phi) is 8.41. The van der Waals surface area contributed by atoms with E-state index in [4.69, 9.17) is 11.6 Å². The molecule has 0 radical (unpaired) electrons. The Labute approximate surface area is 194 Å². The lowest BCUT2D eigenvalue weighted by molar-refractivity contribution is -0.384. The van der Waals surface area contributed by atoms with Gasteiger partial charge < -0.3 is 5.32 Å². The summed E-state index contributed by atoms with van der Waals surface area (Å²) in [6, 6.07) is 19.8. The van der Waals surface area contributed by atoms with E-state index >= 15 is 0 Å². The van der Waals surface area contributed by atoms with Crippen molar-refractivity contribution in [2.45, 2.75) is 5.75 Å². The molecule has 0 atom stereocenters. The number of benzene rings is 3. The Balaban J connectivity index is 1.67. The molecule has 0 bridgehead atoms. The zero-order valence-electron chi connectivity index (χ0n) is 17.0.